The van der Waals surface area contributed by atoms with Gasteiger partial charge in [0.25, 0.3) is 0 Å². The first-order valence-corrected chi connectivity index (χ1v) is 7.41. The maximum atomic E-state index is 13.5. The molecule has 0 fully saturated rings. The number of benzene rings is 2. The standard InChI is InChI=1S/C19H19FN2O2/c1-19(2,3)24-18(23)22-17-11-9-13(12-16(17)21)8-10-14-6-4-5-7-15(14)20/h4-7,9,11-12H,21H2,1-3H3,(H,22,23). The third-order valence-electron chi connectivity index (χ3n) is 2.90. The summed E-state index contributed by atoms with van der Waals surface area (Å²) in [5, 5.41) is 2.58. The molecule has 5 heteroatoms. The number of anilines is 2. The third kappa shape index (κ3) is 5.03. The van der Waals surface area contributed by atoms with E-state index in [1.807, 2.05) is 0 Å². The van der Waals surface area contributed by atoms with E-state index < -0.39 is 11.7 Å². The van der Waals surface area contributed by atoms with Gasteiger partial charge in [-0.25, -0.2) is 9.18 Å². The summed E-state index contributed by atoms with van der Waals surface area (Å²) < 4.78 is 18.7. The number of nitrogen functional groups attached to an aromatic ring is 1. The van der Waals surface area contributed by atoms with E-state index in [-0.39, 0.29) is 5.82 Å². The van der Waals surface area contributed by atoms with Gasteiger partial charge in [0, 0.05) is 5.56 Å². The summed E-state index contributed by atoms with van der Waals surface area (Å²) >= 11 is 0. The molecule has 0 heterocycles. The number of carbonyl (C=O) groups is 1. The second kappa shape index (κ2) is 7.05. The Bertz CT molecular complexity index is 814. The Morgan fingerprint density at radius 2 is 1.88 bits per heavy atom. The molecule has 0 bridgehead atoms. The van der Waals surface area contributed by atoms with Gasteiger partial charge in [0.1, 0.15) is 11.4 Å². The van der Waals surface area contributed by atoms with Crippen molar-refractivity contribution < 1.29 is 13.9 Å². The SMILES string of the molecule is CC(C)(C)OC(=O)Nc1ccc(C#Cc2ccccc2F)cc1N. The zero-order valence-corrected chi connectivity index (χ0v) is 13.8. The molecule has 0 aliphatic carbocycles. The summed E-state index contributed by atoms with van der Waals surface area (Å²) in [6, 6.07) is 11.2. The first-order valence-electron chi connectivity index (χ1n) is 7.41. The topological polar surface area (TPSA) is 64.3 Å². The Morgan fingerprint density at radius 1 is 1.17 bits per heavy atom. The van der Waals surface area contributed by atoms with Crippen LogP contribution in [0.15, 0.2) is 42.5 Å². The molecule has 124 valence electrons. The molecule has 2 aromatic rings. The molecular weight excluding hydrogens is 307 g/mol. The van der Waals surface area contributed by atoms with Crippen molar-refractivity contribution in [3.63, 3.8) is 0 Å². The molecule has 1 amide bonds. The van der Waals surface area contributed by atoms with Crippen molar-refractivity contribution in [1.82, 2.24) is 0 Å². The van der Waals surface area contributed by atoms with Gasteiger partial charge in [0.05, 0.1) is 16.9 Å². The molecule has 0 spiro atoms. The van der Waals surface area contributed by atoms with E-state index >= 15 is 0 Å². The molecule has 0 saturated carbocycles. The maximum Gasteiger partial charge on any atom is 0.412 e. The molecule has 0 saturated heterocycles. The minimum Gasteiger partial charge on any atom is -0.444 e. The van der Waals surface area contributed by atoms with E-state index in [1.54, 1.807) is 57.2 Å². The van der Waals surface area contributed by atoms with Gasteiger partial charge >= 0.3 is 6.09 Å². The lowest BCUT2D eigenvalue weighted by molar-refractivity contribution is 0.0636. The fourth-order valence-electron chi connectivity index (χ4n) is 1.87. The number of nitrogens with one attached hydrogen (secondary N) is 1. The van der Waals surface area contributed by atoms with Gasteiger partial charge in [-0.3, -0.25) is 5.32 Å². The fourth-order valence-corrected chi connectivity index (χ4v) is 1.87. The zero-order valence-electron chi connectivity index (χ0n) is 13.8. The Morgan fingerprint density at radius 3 is 2.50 bits per heavy atom. The highest BCUT2D eigenvalue weighted by Gasteiger charge is 2.16. The molecular formula is C19H19FN2O2. The molecule has 0 atom stereocenters. The Balaban J connectivity index is 2.13. The van der Waals surface area contributed by atoms with E-state index in [9.17, 15) is 9.18 Å². The van der Waals surface area contributed by atoms with Crippen LogP contribution in [0.2, 0.25) is 0 Å². The smallest absolute Gasteiger partial charge is 0.412 e. The van der Waals surface area contributed by atoms with E-state index in [0.717, 1.165) is 0 Å². The predicted octanol–water partition coefficient (Wildman–Crippen LogP) is 4.15. The molecule has 0 unspecified atom stereocenters. The number of rotatable bonds is 1. The fraction of sp³-hybridized carbons (Fsp3) is 0.211. The summed E-state index contributed by atoms with van der Waals surface area (Å²) in [5.41, 5.74) is 7.03. The Labute approximate surface area is 140 Å². The van der Waals surface area contributed by atoms with Gasteiger partial charge in [0.2, 0.25) is 0 Å². The summed E-state index contributed by atoms with van der Waals surface area (Å²) in [7, 11) is 0. The zero-order chi connectivity index (χ0) is 17.7. The summed E-state index contributed by atoms with van der Waals surface area (Å²) in [4.78, 5) is 11.8. The number of ether oxygens (including phenoxy) is 1. The highest BCUT2D eigenvalue weighted by Crippen LogP contribution is 2.20. The lowest BCUT2D eigenvalue weighted by Gasteiger charge is -2.20. The first-order chi connectivity index (χ1) is 11.2. The second-order valence-corrected chi connectivity index (χ2v) is 6.16. The van der Waals surface area contributed by atoms with Gasteiger partial charge in [-0.2, -0.15) is 0 Å². The van der Waals surface area contributed by atoms with Crippen LogP contribution in [-0.2, 0) is 4.74 Å². The first kappa shape index (κ1) is 17.4. The molecule has 4 nitrogen and oxygen atoms in total. The molecule has 2 aromatic carbocycles. The van der Waals surface area contributed by atoms with E-state index in [1.165, 1.54) is 6.07 Å². The predicted molar refractivity (Wildman–Crippen MR) is 93.1 cm³/mol. The van der Waals surface area contributed by atoms with Crippen LogP contribution in [0.4, 0.5) is 20.6 Å². The third-order valence-corrected chi connectivity index (χ3v) is 2.90. The van der Waals surface area contributed by atoms with Gasteiger partial charge < -0.3 is 10.5 Å². The normalized spacial score (nSPS) is 10.5. The lowest BCUT2D eigenvalue weighted by atomic mass is 10.1. The molecule has 0 radical (unpaired) electrons. The summed E-state index contributed by atoms with van der Waals surface area (Å²) in [6.45, 7) is 5.33. The highest BCUT2D eigenvalue weighted by atomic mass is 19.1. The average molecular weight is 326 g/mol. The molecule has 3 N–H and O–H groups in total. The maximum absolute atomic E-state index is 13.5. The largest absolute Gasteiger partial charge is 0.444 e. The van der Waals surface area contributed by atoms with Crippen molar-refractivity contribution in [2.75, 3.05) is 11.1 Å². The molecule has 0 aromatic heterocycles. The Hall–Kier alpha value is -3.00. The summed E-state index contributed by atoms with van der Waals surface area (Å²) in [6.07, 6.45) is -0.584. The second-order valence-electron chi connectivity index (χ2n) is 6.16. The lowest BCUT2D eigenvalue weighted by Crippen LogP contribution is -2.27. The van der Waals surface area contributed by atoms with Crippen LogP contribution >= 0.6 is 0 Å². The Kier molecular flexibility index (Phi) is 5.10. The number of nitrogens with two attached hydrogens (primary N) is 1. The van der Waals surface area contributed by atoms with Crippen molar-refractivity contribution in [2.45, 2.75) is 26.4 Å². The quantitative estimate of drug-likeness (QED) is 0.611. The van der Waals surface area contributed by atoms with Crippen LogP contribution in [0.1, 0.15) is 31.9 Å². The molecule has 2 rings (SSSR count). The van der Waals surface area contributed by atoms with Crippen LogP contribution < -0.4 is 11.1 Å². The minimum absolute atomic E-state index is 0.312. The van der Waals surface area contributed by atoms with Crippen molar-refractivity contribution in [2.24, 2.45) is 0 Å². The molecule has 0 aliphatic rings. The van der Waals surface area contributed by atoms with Gasteiger partial charge in [0.15, 0.2) is 0 Å². The molecule has 24 heavy (non-hydrogen) atoms. The van der Waals surface area contributed by atoms with Crippen LogP contribution in [0.3, 0.4) is 0 Å². The number of carbonyl (C=O) groups excluding carboxylic acids is 1. The van der Waals surface area contributed by atoms with Gasteiger partial charge in [-0.1, -0.05) is 24.0 Å². The van der Waals surface area contributed by atoms with Crippen LogP contribution in [0, 0.1) is 17.7 Å². The number of halogens is 1. The van der Waals surface area contributed by atoms with Crippen LogP contribution in [-0.4, -0.2) is 11.7 Å². The number of amides is 1. The van der Waals surface area contributed by atoms with Crippen LogP contribution in [0.5, 0.6) is 0 Å². The van der Waals surface area contributed by atoms with E-state index in [0.29, 0.717) is 22.5 Å². The van der Waals surface area contributed by atoms with Crippen molar-refractivity contribution >= 4 is 17.5 Å². The monoisotopic (exact) mass is 326 g/mol. The van der Waals surface area contributed by atoms with E-state index in [2.05, 4.69) is 17.2 Å². The molecule has 0 aliphatic heterocycles. The minimum atomic E-state index is -0.593. The van der Waals surface area contributed by atoms with Crippen LogP contribution in [0.25, 0.3) is 0 Å². The van der Waals surface area contributed by atoms with Gasteiger partial charge in [-0.05, 0) is 51.1 Å². The number of hydrogen-bond donors (Lipinski definition) is 2. The van der Waals surface area contributed by atoms with E-state index in [4.69, 9.17) is 10.5 Å². The van der Waals surface area contributed by atoms with Crippen molar-refractivity contribution in [1.29, 1.82) is 0 Å². The van der Waals surface area contributed by atoms with Gasteiger partial charge in [-0.15, -0.1) is 0 Å². The van der Waals surface area contributed by atoms with Crippen molar-refractivity contribution in [3.05, 3.63) is 59.4 Å². The summed E-state index contributed by atoms with van der Waals surface area (Å²) in [5.74, 6) is 5.23. The van der Waals surface area contributed by atoms with Crippen molar-refractivity contribution in [3.8, 4) is 11.8 Å². The number of hydrogen-bond acceptors (Lipinski definition) is 3. The average Bonchev–Trinajstić information content (AvgIpc) is 2.47. The highest BCUT2D eigenvalue weighted by molar-refractivity contribution is 5.89.